The molecule has 0 saturated heterocycles. The maximum Gasteiger partial charge on any atom is 0.315 e. The van der Waals surface area contributed by atoms with E-state index in [0.29, 0.717) is 6.61 Å². The van der Waals surface area contributed by atoms with Crippen LogP contribution in [0.3, 0.4) is 0 Å². The van der Waals surface area contributed by atoms with Gasteiger partial charge in [-0.05, 0) is 49.2 Å². The minimum atomic E-state index is -0.227. The number of thiol groups is 1. The molecule has 0 radical (unpaired) electrons. The number of carbonyl (C=O) groups excluding carboxylic acids is 1. The predicted octanol–water partition coefficient (Wildman–Crippen LogP) is 7.46. The molecular formula is C25H34N2O3S. The van der Waals surface area contributed by atoms with E-state index in [-0.39, 0.29) is 11.7 Å². The fourth-order valence-electron chi connectivity index (χ4n) is 3.08. The molecule has 0 aliphatic rings. The summed E-state index contributed by atoms with van der Waals surface area (Å²) < 4.78 is 10.8. The van der Waals surface area contributed by atoms with Gasteiger partial charge < -0.3 is 9.47 Å². The average molecular weight is 443 g/mol. The van der Waals surface area contributed by atoms with Crippen molar-refractivity contribution in [3.05, 3.63) is 54.6 Å². The third kappa shape index (κ3) is 12.2. The Balaban J connectivity index is 1.43. The van der Waals surface area contributed by atoms with Crippen molar-refractivity contribution in [3.63, 3.8) is 0 Å². The number of azo groups is 1. The first-order valence-corrected chi connectivity index (χ1v) is 11.9. The molecule has 0 atom stereocenters. The second-order valence-corrected chi connectivity index (χ2v) is 7.75. The molecule has 0 N–H and O–H groups in total. The smallest absolute Gasteiger partial charge is 0.315 e. The first-order valence-electron chi connectivity index (χ1n) is 11.2. The van der Waals surface area contributed by atoms with Crippen LogP contribution in [0, 0.1) is 0 Å². The van der Waals surface area contributed by atoms with Crippen molar-refractivity contribution in [2.45, 2.75) is 57.8 Å². The predicted molar refractivity (Wildman–Crippen MR) is 129 cm³/mol. The molecule has 31 heavy (non-hydrogen) atoms. The number of carbonyl (C=O) groups is 1. The van der Waals surface area contributed by atoms with Crippen LogP contribution in [0.15, 0.2) is 64.8 Å². The second-order valence-electron chi connectivity index (χ2n) is 7.44. The minimum Gasteiger partial charge on any atom is -0.494 e. The summed E-state index contributed by atoms with van der Waals surface area (Å²) in [6.07, 6.45) is 10.6. The monoisotopic (exact) mass is 442 g/mol. The van der Waals surface area contributed by atoms with Gasteiger partial charge >= 0.3 is 5.97 Å². The van der Waals surface area contributed by atoms with Crippen molar-refractivity contribution in [3.8, 4) is 5.75 Å². The van der Waals surface area contributed by atoms with Crippen molar-refractivity contribution < 1.29 is 14.3 Å². The van der Waals surface area contributed by atoms with Crippen LogP contribution in [0.5, 0.6) is 5.75 Å². The standard InChI is InChI=1S/C25H34N2O3S/c28-25(21-31)30-20-12-7-5-3-1-2-4-6-11-19-29-24-17-15-23(16-18-24)27-26-22-13-9-8-10-14-22/h8-10,13-18,31H,1-7,11-12,19-21H2. The van der Waals surface area contributed by atoms with E-state index in [9.17, 15) is 4.79 Å². The SMILES string of the molecule is O=C(CS)OCCCCCCCCCCCOc1ccc(N=Nc2ccccc2)cc1. The Morgan fingerprint density at radius 2 is 1.19 bits per heavy atom. The minimum absolute atomic E-state index is 0.166. The van der Waals surface area contributed by atoms with E-state index in [1.54, 1.807) is 0 Å². The summed E-state index contributed by atoms with van der Waals surface area (Å²) in [6, 6.07) is 17.4. The number of ether oxygens (including phenoxy) is 2. The number of rotatable bonds is 16. The molecule has 168 valence electrons. The quantitative estimate of drug-likeness (QED) is 0.127. The molecule has 5 nitrogen and oxygen atoms in total. The van der Waals surface area contributed by atoms with Gasteiger partial charge in [0, 0.05) is 0 Å². The summed E-state index contributed by atoms with van der Waals surface area (Å²) in [5.74, 6) is 0.813. The van der Waals surface area contributed by atoms with Gasteiger partial charge in [0.25, 0.3) is 0 Å². The van der Waals surface area contributed by atoms with E-state index in [2.05, 4.69) is 22.9 Å². The van der Waals surface area contributed by atoms with Crippen molar-refractivity contribution in [1.29, 1.82) is 0 Å². The van der Waals surface area contributed by atoms with E-state index in [1.165, 1.54) is 38.5 Å². The van der Waals surface area contributed by atoms with Crippen LogP contribution in [0.2, 0.25) is 0 Å². The van der Waals surface area contributed by atoms with Crippen molar-refractivity contribution in [2.24, 2.45) is 10.2 Å². The van der Waals surface area contributed by atoms with E-state index >= 15 is 0 Å². The highest BCUT2D eigenvalue weighted by molar-refractivity contribution is 7.81. The summed E-state index contributed by atoms with van der Waals surface area (Å²) in [4.78, 5) is 10.9. The summed E-state index contributed by atoms with van der Waals surface area (Å²) in [5, 5.41) is 8.46. The third-order valence-electron chi connectivity index (χ3n) is 4.82. The molecule has 0 spiro atoms. The summed E-state index contributed by atoms with van der Waals surface area (Å²) in [5.41, 5.74) is 1.66. The summed E-state index contributed by atoms with van der Waals surface area (Å²) in [6.45, 7) is 1.27. The highest BCUT2D eigenvalue weighted by atomic mass is 32.1. The van der Waals surface area contributed by atoms with Gasteiger partial charge in [0.1, 0.15) is 5.75 Å². The number of esters is 1. The van der Waals surface area contributed by atoms with Gasteiger partial charge in [0.15, 0.2) is 0 Å². The Bertz CT molecular complexity index is 751. The molecule has 0 aliphatic heterocycles. The van der Waals surface area contributed by atoms with Gasteiger partial charge in [-0.1, -0.05) is 63.1 Å². The van der Waals surface area contributed by atoms with Gasteiger partial charge in [-0.25, -0.2) is 0 Å². The average Bonchev–Trinajstić information content (AvgIpc) is 2.82. The summed E-state index contributed by atoms with van der Waals surface area (Å²) >= 11 is 3.88. The Hall–Kier alpha value is -2.34. The number of hydrogen-bond donors (Lipinski definition) is 1. The molecule has 0 aliphatic carbocycles. The van der Waals surface area contributed by atoms with Crippen LogP contribution >= 0.6 is 12.6 Å². The normalized spacial score (nSPS) is 11.0. The van der Waals surface area contributed by atoms with Crippen LogP contribution in [0.4, 0.5) is 11.4 Å². The van der Waals surface area contributed by atoms with E-state index in [4.69, 9.17) is 9.47 Å². The Morgan fingerprint density at radius 3 is 1.77 bits per heavy atom. The Morgan fingerprint density at radius 1 is 0.677 bits per heavy atom. The van der Waals surface area contributed by atoms with Gasteiger partial charge in [0.2, 0.25) is 0 Å². The lowest BCUT2D eigenvalue weighted by Gasteiger charge is -2.06. The maximum atomic E-state index is 10.9. The van der Waals surface area contributed by atoms with Gasteiger partial charge in [-0.2, -0.15) is 22.9 Å². The fourth-order valence-corrected chi connectivity index (χ4v) is 3.17. The largest absolute Gasteiger partial charge is 0.494 e. The lowest BCUT2D eigenvalue weighted by Crippen LogP contribution is -2.06. The molecule has 0 saturated carbocycles. The van der Waals surface area contributed by atoms with Gasteiger partial charge in [-0.15, -0.1) is 0 Å². The van der Waals surface area contributed by atoms with Crippen LogP contribution in [0.25, 0.3) is 0 Å². The van der Waals surface area contributed by atoms with Crippen molar-refractivity contribution in [2.75, 3.05) is 19.0 Å². The third-order valence-corrected chi connectivity index (χ3v) is 5.08. The number of unbranched alkanes of at least 4 members (excludes halogenated alkanes) is 8. The lowest BCUT2D eigenvalue weighted by molar-refractivity contribution is -0.140. The molecule has 2 rings (SSSR count). The topological polar surface area (TPSA) is 60.2 Å². The fraction of sp³-hybridized carbons (Fsp3) is 0.480. The molecule has 0 bridgehead atoms. The highest BCUT2D eigenvalue weighted by Crippen LogP contribution is 2.21. The maximum absolute atomic E-state index is 10.9. The van der Waals surface area contributed by atoms with Crippen molar-refractivity contribution in [1.82, 2.24) is 0 Å². The highest BCUT2D eigenvalue weighted by Gasteiger charge is 1.99. The van der Waals surface area contributed by atoms with Crippen molar-refractivity contribution >= 4 is 30.0 Å². The molecule has 2 aromatic rings. The van der Waals surface area contributed by atoms with Gasteiger partial charge in [0.05, 0.1) is 30.3 Å². The lowest BCUT2D eigenvalue weighted by atomic mass is 10.1. The first kappa shape index (κ1) is 24.9. The zero-order valence-electron chi connectivity index (χ0n) is 18.2. The van der Waals surface area contributed by atoms with E-state index < -0.39 is 0 Å². The van der Waals surface area contributed by atoms with Crippen LogP contribution in [-0.2, 0) is 9.53 Å². The number of benzene rings is 2. The van der Waals surface area contributed by atoms with E-state index in [0.717, 1.165) is 43.0 Å². The molecule has 0 aromatic heterocycles. The van der Waals surface area contributed by atoms with Crippen LogP contribution < -0.4 is 4.74 Å². The van der Waals surface area contributed by atoms with Gasteiger partial charge in [-0.3, -0.25) is 4.79 Å². The zero-order chi connectivity index (χ0) is 22.0. The Labute approximate surface area is 191 Å². The molecule has 2 aromatic carbocycles. The second kappa shape index (κ2) is 16.4. The number of hydrogen-bond acceptors (Lipinski definition) is 6. The molecule has 6 heteroatoms. The molecule has 0 fully saturated rings. The summed E-state index contributed by atoms with van der Waals surface area (Å²) in [7, 11) is 0. The zero-order valence-corrected chi connectivity index (χ0v) is 19.1. The van der Waals surface area contributed by atoms with Crippen LogP contribution in [0.1, 0.15) is 57.8 Å². The first-order chi connectivity index (χ1) is 15.3. The molecule has 0 amide bonds. The Kier molecular flexibility index (Phi) is 13.2. The molecule has 0 unspecified atom stereocenters. The molecular weight excluding hydrogens is 408 g/mol. The molecule has 0 heterocycles. The van der Waals surface area contributed by atoms with E-state index in [1.807, 2.05) is 54.6 Å². The number of nitrogens with zero attached hydrogens (tertiary/aromatic N) is 2. The van der Waals surface area contributed by atoms with Crippen LogP contribution in [-0.4, -0.2) is 24.9 Å².